The van der Waals surface area contributed by atoms with Crippen molar-refractivity contribution in [1.82, 2.24) is 4.90 Å². The van der Waals surface area contributed by atoms with E-state index in [-0.39, 0.29) is 30.9 Å². The normalized spacial score (nSPS) is 28.0. The Morgan fingerprint density at radius 3 is 2.20 bits per heavy atom. The molecular weight excluding hydrogens is 524 g/mol. The van der Waals surface area contributed by atoms with Gasteiger partial charge in [0.25, 0.3) is 0 Å². The van der Waals surface area contributed by atoms with Crippen molar-refractivity contribution in [3.05, 3.63) is 48.5 Å². The molecule has 3 aliphatic rings. The quantitative estimate of drug-likeness (QED) is 0.383. The number of hydrogen-bond donors (Lipinski definition) is 3. The first-order valence-corrected chi connectivity index (χ1v) is 14.5. The van der Waals surface area contributed by atoms with E-state index in [2.05, 4.69) is 29.4 Å². The number of nitrogens with one attached hydrogen (secondary N) is 2. The lowest BCUT2D eigenvalue weighted by atomic mass is 9.66. The number of β-amino-alcohol motifs (C(OH)–C–C–N with tert-alkyl or cyclic N) is 1. The standard InChI is InChI=1S/C31H40N4O6/c1-5-34(6-2)22-12-8-20(9-13-22)33-28(38)26-31-17-16-30(4,41-31)24(25(31)29(39)35(26)18-19-36)27(37)32-21-10-14-23(15-11-21)40-7-3/h8-15,24-26,36H,5-7,16-19H2,1-4H3,(H,32,37)(H,33,38)/t24-,25-,26?,30+,31?/m0/s1. The predicted molar refractivity (Wildman–Crippen MR) is 156 cm³/mol. The molecule has 0 radical (unpaired) electrons. The van der Waals surface area contributed by atoms with Crippen LogP contribution in [0.5, 0.6) is 5.75 Å². The van der Waals surface area contributed by atoms with Crippen LogP contribution >= 0.6 is 0 Å². The first kappa shape index (κ1) is 28.9. The molecule has 3 saturated heterocycles. The van der Waals surface area contributed by atoms with Gasteiger partial charge in [-0.25, -0.2) is 0 Å². The highest BCUT2D eigenvalue weighted by molar-refractivity contribution is 6.05. The Kier molecular flexibility index (Phi) is 7.98. The average Bonchev–Trinajstić information content (AvgIpc) is 3.52. The van der Waals surface area contributed by atoms with Crippen molar-refractivity contribution in [3.8, 4) is 5.75 Å². The van der Waals surface area contributed by atoms with Gasteiger partial charge in [0.15, 0.2) is 0 Å². The topological polar surface area (TPSA) is 120 Å². The molecule has 2 aromatic rings. The Morgan fingerprint density at radius 2 is 1.61 bits per heavy atom. The number of carbonyl (C=O) groups excluding carboxylic acids is 3. The van der Waals surface area contributed by atoms with E-state index >= 15 is 0 Å². The second-order valence-corrected chi connectivity index (χ2v) is 11.1. The van der Waals surface area contributed by atoms with E-state index in [0.29, 0.717) is 36.6 Å². The van der Waals surface area contributed by atoms with Crippen LogP contribution in [0.4, 0.5) is 17.1 Å². The second kappa shape index (κ2) is 11.3. The van der Waals surface area contributed by atoms with Crippen molar-refractivity contribution in [1.29, 1.82) is 0 Å². The van der Waals surface area contributed by atoms with Gasteiger partial charge in [-0.3, -0.25) is 14.4 Å². The highest BCUT2D eigenvalue weighted by Gasteiger charge is 2.77. The van der Waals surface area contributed by atoms with Gasteiger partial charge >= 0.3 is 0 Å². The summed E-state index contributed by atoms with van der Waals surface area (Å²) >= 11 is 0. The summed E-state index contributed by atoms with van der Waals surface area (Å²) in [6, 6.07) is 13.7. The molecular formula is C31H40N4O6. The zero-order valence-electron chi connectivity index (χ0n) is 24.2. The van der Waals surface area contributed by atoms with Crippen molar-refractivity contribution in [2.24, 2.45) is 11.8 Å². The number of rotatable bonds is 11. The van der Waals surface area contributed by atoms with Crippen molar-refractivity contribution in [2.75, 3.05) is 48.4 Å². The molecule has 5 atom stereocenters. The van der Waals surface area contributed by atoms with E-state index in [0.717, 1.165) is 18.8 Å². The molecule has 5 rings (SSSR count). The van der Waals surface area contributed by atoms with Crippen LogP contribution < -0.4 is 20.3 Å². The maximum atomic E-state index is 13.9. The SMILES string of the molecule is CCOc1ccc(NC(=O)[C@@H]2[C@H]3C(=O)N(CCO)C(C(=O)Nc4ccc(N(CC)CC)cc4)C34CC[C@@]2(C)O4)cc1. The summed E-state index contributed by atoms with van der Waals surface area (Å²) in [6.07, 6.45) is 1.00. The van der Waals surface area contributed by atoms with E-state index in [9.17, 15) is 19.5 Å². The summed E-state index contributed by atoms with van der Waals surface area (Å²) in [5, 5.41) is 15.7. The molecule has 2 unspecified atom stereocenters. The number of benzene rings is 2. The summed E-state index contributed by atoms with van der Waals surface area (Å²) < 4.78 is 12.1. The van der Waals surface area contributed by atoms with Crippen LogP contribution in [-0.4, -0.2) is 77.8 Å². The van der Waals surface area contributed by atoms with Gasteiger partial charge in [-0.1, -0.05) is 0 Å². The summed E-state index contributed by atoms with van der Waals surface area (Å²) in [6.45, 7) is 9.88. The number of hydrogen-bond acceptors (Lipinski definition) is 7. The number of likely N-dealkylation sites (tertiary alicyclic amines) is 1. The van der Waals surface area contributed by atoms with Gasteiger partial charge in [0.05, 0.1) is 30.7 Å². The highest BCUT2D eigenvalue weighted by Crippen LogP contribution is 2.63. The van der Waals surface area contributed by atoms with E-state index in [4.69, 9.17) is 9.47 Å². The van der Waals surface area contributed by atoms with Crippen LogP contribution in [0.1, 0.15) is 40.5 Å². The molecule has 2 aromatic carbocycles. The van der Waals surface area contributed by atoms with E-state index in [1.807, 2.05) is 38.1 Å². The molecule has 1 spiro atoms. The summed E-state index contributed by atoms with van der Waals surface area (Å²) in [5.41, 5.74) is 0.180. The molecule has 0 saturated carbocycles. The third kappa shape index (κ3) is 4.93. The number of anilines is 3. The highest BCUT2D eigenvalue weighted by atomic mass is 16.5. The monoisotopic (exact) mass is 564 g/mol. The molecule has 3 aliphatic heterocycles. The molecule has 3 heterocycles. The minimum absolute atomic E-state index is 0.0244. The molecule has 220 valence electrons. The minimum atomic E-state index is -1.16. The number of fused-ring (bicyclic) bond motifs is 1. The van der Waals surface area contributed by atoms with Crippen molar-refractivity contribution >= 4 is 34.8 Å². The Balaban J connectivity index is 1.40. The molecule has 3 N–H and O–H groups in total. The fraction of sp³-hybridized carbons (Fsp3) is 0.516. The number of aliphatic hydroxyl groups excluding tert-OH is 1. The maximum Gasteiger partial charge on any atom is 0.250 e. The van der Waals surface area contributed by atoms with Crippen LogP contribution in [0, 0.1) is 11.8 Å². The number of aliphatic hydroxyl groups is 1. The maximum absolute atomic E-state index is 13.9. The van der Waals surface area contributed by atoms with Gasteiger partial charge in [0, 0.05) is 36.7 Å². The largest absolute Gasteiger partial charge is 0.494 e. The summed E-state index contributed by atoms with van der Waals surface area (Å²) in [4.78, 5) is 45.1. The average molecular weight is 565 g/mol. The molecule has 41 heavy (non-hydrogen) atoms. The lowest BCUT2D eigenvalue weighted by Gasteiger charge is -2.33. The molecule has 3 fully saturated rings. The van der Waals surface area contributed by atoms with Crippen LogP contribution in [-0.2, 0) is 19.1 Å². The molecule has 0 aromatic heterocycles. The summed E-state index contributed by atoms with van der Waals surface area (Å²) in [5.74, 6) is -1.98. The predicted octanol–water partition coefficient (Wildman–Crippen LogP) is 3.27. The van der Waals surface area contributed by atoms with Crippen LogP contribution in [0.2, 0.25) is 0 Å². The van der Waals surface area contributed by atoms with Gasteiger partial charge in [0.2, 0.25) is 17.7 Å². The van der Waals surface area contributed by atoms with Gasteiger partial charge < -0.3 is 35.0 Å². The minimum Gasteiger partial charge on any atom is -0.494 e. The van der Waals surface area contributed by atoms with Gasteiger partial charge in [-0.05, 0) is 89.1 Å². The Labute approximate surface area is 241 Å². The third-order valence-electron chi connectivity index (χ3n) is 8.84. The zero-order valence-corrected chi connectivity index (χ0v) is 24.2. The number of ether oxygens (including phenoxy) is 2. The lowest BCUT2D eigenvalue weighted by molar-refractivity contribution is -0.143. The number of carbonyl (C=O) groups is 3. The number of nitrogens with zero attached hydrogens (tertiary/aromatic N) is 2. The van der Waals surface area contributed by atoms with Crippen molar-refractivity contribution < 1.29 is 29.0 Å². The second-order valence-electron chi connectivity index (χ2n) is 11.1. The van der Waals surface area contributed by atoms with Crippen LogP contribution in [0.15, 0.2) is 48.5 Å². The first-order chi connectivity index (χ1) is 19.7. The van der Waals surface area contributed by atoms with Gasteiger partial charge in [-0.15, -0.1) is 0 Å². The van der Waals surface area contributed by atoms with E-state index in [1.54, 1.807) is 24.3 Å². The molecule has 2 bridgehead atoms. The van der Waals surface area contributed by atoms with Crippen molar-refractivity contribution in [2.45, 2.75) is 57.8 Å². The third-order valence-corrected chi connectivity index (χ3v) is 8.84. The lowest BCUT2D eigenvalue weighted by Crippen LogP contribution is -2.53. The Bertz CT molecular complexity index is 1280. The van der Waals surface area contributed by atoms with Gasteiger partial charge in [-0.2, -0.15) is 0 Å². The van der Waals surface area contributed by atoms with Gasteiger partial charge in [0.1, 0.15) is 17.4 Å². The number of amides is 3. The van der Waals surface area contributed by atoms with E-state index in [1.165, 1.54) is 4.90 Å². The molecule has 10 heteroatoms. The summed E-state index contributed by atoms with van der Waals surface area (Å²) in [7, 11) is 0. The molecule has 3 amide bonds. The smallest absolute Gasteiger partial charge is 0.250 e. The Hall–Kier alpha value is -3.63. The fourth-order valence-corrected chi connectivity index (χ4v) is 7.05. The van der Waals surface area contributed by atoms with E-state index < -0.39 is 29.1 Å². The molecule has 10 nitrogen and oxygen atoms in total. The van der Waals surface area contributed by atoms with Crippen LogP contribution in [0.3, 0.4) is 0 Å². The Morgan fingerprint density at radius 1 is 1.00 bits per heavy atom. The van der Waals surface area contributed by atoms with Crippen molar-refractivity contribution in [3.63, 3.8) is 0 Å². The fourth-order valence-electron chi connectivity index (χ4n) is 7.05. The zero-order chi connectivity index (χ0) is 29.4. The molecule has 0 aliphatic carbocycles. The first-order valence-electron chi connectivity index (χ1n) is 14.5. The van der Waals surface area contributed by atoms with Crippen LogP contribution in [0.25, 0.3) is 0 Å².